The third-order valence-corrected chi connectivity index (χ3v) is 2.95. The highest BCUT2D eigenvalue weighted by atomic mass is 19.1. The Morgan fingerprint density at radius 1 is 1.24 bits per heavy atom. The lowest BCUT2D eigenvalue weighted by Crippen LogP contribution is -2.21. The van der Waals surface area contributed by atoms with Crippen LogP contribution in [0.25, 0.3) is 0 Å². The average molecular weight is 293 g/mol. The first kappa shape index (κ1) is 15.1. The van der Waals surface area contributed by atoms with Crippen molar-refractivity contribution in [2.45, 2.75) is 19.8 Å². The van der Waals surface area contributed by atoms with Crippen LogP contribution in [-0.2, 0) is 0 Å². The van der Waals surface area contributed by atoms with Crippen LogP contribution in [0, 0.1) is 11.6 Å². The summed E-state index contributed by atoms with van der Waals surface area (Å²) in [6.07, 6.45) is 3.37. The summed E-state index contributed by atoms with van der Waals surface area (Å²) < 4.78 is 27.2. The van der Waals surface area contributed by atoms with E-state index in [0.717, 1.165) is 19.4 Å². The monoisotopic (exact) mass is 293 g/mol. The van der Waals surface area contributed by atoms with Crippen molar-refractivity contribution in [1.82, 2.24) is 15.2 Å². The Morgan fingerprint density at radius 3 is 2.62 bits per heavy atom. The topological polar surface area (TPSA) is 53.9 Å². The molecule has 21 heavy (non-hydrogen) atoms. The molecule has 0 bridgehead atoms. The molecule has 0 amide bonds. The van der Waals surface area contributed by atoms with Crippen molar-refractivity contribution in [2.24, 2.45) is 0 Å². The highest BCUT2D eigenvalue weighted by Crippen LogP contribution is 2.22. The maximum absolute atomic E-state index is 13.6. The maximum atomic E-state index is 13.6. The molecule has 7 heteroatoms. The molecule has 112 valence electrons. The Morgan fingerprint density at radius 2 is 1.95 bits per heavy atom. The second-order valence-corrected chi connectivity index (χ2v) is 4.64. The number of para-hydroxylation sites is 1. The molecule has 0 fully saturated rings. The quantitative estimate of drug-likeness (QED) is 0.886. The van der Waals surface area contributed by atoms with Crippen molar-refractivity contribution < 1.29 is 8.78 Å². The van der Waals surface area contributed by atoms with Gasteiger partial charge in [0.25, 0.3) is 0 Å². The van der Waals surface area contributed by atoms with E-state index in [1.807, 2.05) is 11.9 Å². The second-order valence-electron chi connectivity index (χ2n) is 4.64. The molecular weight excluding hydrogens is 276 g/mol. The highest BCUT2D eigenvalue weighted by Gasteiger charge is 2.11. The van der Waals surface area contributed by atoms with Gasteiger partial charge in [-0.05, 0) is 18.6 Å². The minimum Gasteiger partial charge on any atom is -0.343 e. The molecule has 1 aromatic carbocycles. The summed E-state index contributed by atoms with van der Waals surface area (Å²) >= 11 is 0. The molecule has 0 radical (unpaired) electrons. The number of nitrogens with one attached hydrogen (secondary N) is 1. The summed E-state index contributed by atoms with van der Waals surface area (Å²) in [4.78, 5) is 6.06. The van der Waals surface area contributed by atoms with Gasteiger partial charge in [-0.1, -0.05) is 19.4 Å². The zero-order valence-corrected chi connectivity index (χ0v) is 12.0. The number of rotatable bonds is 6. The first-order valence-corrected chi connectivity index (χ1v) is 6.73. The van der Waals surface area contributed by atoms with E-state index in [9.17, 15) is 8.78 Å². The van der Waals surface area contributed by atoms with Gasteiger partial charge < -0.3 is 10.2 Å². The van der Waals surface area contributed by atoms with Gasteiger partial charge in [-0.15, -0.1) is 5.10 Å². The molecule has 0 spiro atoms. The lowest BCUT2D eigenvalue weighted by molar-refractivity contribution is 0.590. The summed E-state index contributed by atoms with van der Waals surface area (Å²) in [5, 5.41) is 10.3. The predicted octanol–water partition coefficient (Wildman–Crippen LogP) is 3.13. The Hall–Kier alpha value is -2.31. The SMILES string of the molecule is CCCCN(C)c1nncc(Nc2c(F)cccc2F)n1. The average Bonchev–Trinajstić information content (AvgIpc) is 2.49. The number of hydrogen-bond acceptors (Lipinski definition) is 5. The van der Waals surface area contributed by atoms with Gasteiger partial charge in [0, 0.05) is 13.6 Å². The van der Waals surface area contributed by atoms with Crippen LogP contribution in [-0.4, -0.2) is 28.8 Å². The van der Waals surface area contributed by atoms with E-state index in [1.165, 1.54) is 24.4 Å². The highest BCUT2D eigenvalue weighted by molar-refractivity contribution is 5.57. The predicted molar refractivity (Wildman–Crippen MR) is 77.6 cm³/mol. The molecule has 0 aliphatic rings. The summed E-state index contributed by atoms with van der Waals surface area (Å²) in [5.74, 6) is -0.721. The van der Waals surface area contributed by atoms with Gasteiger partial charge in [0.2, 0.25) is 5.95 Å². The summed E-state index contributed by atoms with van der Waals surface area (Å²) in [6.45, 7) is 2.88. The number of anilines is 3. The Kier molecular flexibility index (Phi) is 4.97. The molecule has 2 aromatic rings. The molecule has 5 nitrogen and oxygen atoms in total. The van der Waals surface area contributed by atoms with Crippen LogP contribution in [0.4, 0.5) is 26.2 Å². The fourth-order valence-corrected chi connectivity index (χ4v) is 1.76. The Labute approximate surface area is 122 Å². The zero-order chi connectivity index (χ0) is 15.2. The molecule has 0 unspecified atom stereocenters. The van der Waals surface area contributed by atoms with Crippen LogP contribution in [0.1, 0.15) is 19.8 Å². The Balaban J connectivity index is 2.18. The van der Waals surface area contributed by atoms with Crippen molar-refractivity contribution in [3.63, 3.8) is 0 Å². The van der Waals surface area contributed by atoms with Crippen molar-refractivity contribution in [3.05, 3.63) is 36.0 Å². The third kappa shape index (κ3) is 3.84. The number of benzene rings is 1. The normalized spacial score (nSPS) is 10.5. The van der Waals surface area contributed by atoms with Gasteiger partial charge in [-0.2, -0.15) is 10.1 Å². The number of nitrogens with zero attached hydrogens (tertiary/aromatic N) is 4. The molecule has 0 aliphatic carbocycles. The summed E-state index contributed by atoms with van der Waals surface area (Å²) in [6, 6.07) is 3.65. The van der Waals surface area contributed by atoms with Crippen molar-refractivity contribution >= 4 is 17.5 Å². The van der Waals surface area contributed by atoms with Crippen molar-refractivity contribution in [2.75, 3.05) is 23.8 Å². The molecule has 1 N–H and O–H groups in total. The van der Waals surface area contributed by atoms with Gasteiger partial charge >= 0.3 is 0 Å². The molecule has 0 aliphatic heterocycles. The minimum absolute atomic E-state index is 0.243. The van der Waals surface area contributed by atoms with E-state index in [2.05, 4.69) is 27.4 Å². The largest absolute Gasteiger partial charge is 0.343 e. The fraction of sp³-hybridized carbons (Fsp3) is 0.357. The Bertz CT molecular complexity index is 585. The molecule has 1 aromatic heterocycles. The van der Waals surface area contributed by atoms with Crippen LogP contribution in [0.2, 0.25) is 0 Å². The summed E-state index contributed by atoms with van der Waals surface area (Å²) in [7, 11) is 1.85. The number of unbranched alkanes of at least 4 members (excludes halogenated alkanes) is 1. The van der Waals surface area contributed by atoms with Crippen LogP contribution >= 0.6 is 0 Å². The number of aromatic nitrogens is 3. The molecule has 2 rings (SSSR count). The first-order valence-electron chi connectivity index (χ1n) is 6.73. The van der Waals surface area contributed by atoms with Crippen molar-refractivity contribution in [3.8, 4) is 0 Å². The molecule has 0 saturated carbocycles. The van der Waals surface area contributed by atoms with E-state index in [4.69, 9.17) is 0 Å². The lowest BCUT2D eigenvalue weighted by Gasteiger charge is -2.16. The van der Waals surface area contributed by atoms with Crippen LogP contribution in [0.15, 0.2) is 24.4 Å². The van der Waals surface area contributed by atoms with E-state index in [1.54, 1.807) is 0 Å². The maximum Gasteiger partial charge on any atom is 0.247 e. The van der Waals surface area contributed by atoms with Gasteiger partial charge in [0.1, 0.15) is 17.3 Å². The number of hydrogen-bond donors (Lipinski definition) is 1. The van der Waals surface area contributed by atoms with Gasteiger partial charge in [0.05, 0.1) is 6.20 Å². The minimum atomic E-state index is -0.686. The zero-order valence-electron chi connectivity index (χ0n) is 12.0. The fourth-order valence-electron chi connectivity index (χ4n) is 1.76. The first-order chi connectivity index (χ1) is 10.1. The van der Waals surface area contributed by atoms with E-state index in [0.29, 0.717) is 5.95 Å². The molecule has 0 saturated heterocycles. The van der Waals surface area contributed by atoms with Gasteiger partial charge in [-0.25, -0.2) is 8.78 Å². The molecule has 0 atom stereocenters. The lowest BCUT2D eigenvalue weighted by atomic mass is 10.3. The smallest absolute Gasteiger partial charge is 0.247 e. The third-order valence-electron chi connectivity index (χ3n) is 2.95. The van der Waals surface area contributed by atoms with Crippen LogP contribution in [0.5, 0.6) is 0 Å². The second kappa shape index (κ2) is 6.92. The molecule has 1 heterocycles. The molecular formula is C14H17F2N5. The standard InChI is InChI=1S/C14H17F2N5/c1-3-4-8-21(2)14-19-12(9-17-20-14)18-13-10(15)6-5-7-11(13)16/h5-7,9H,3-4,8H2,1-2H3,(H,18,19,20). The van der Waals surface area contributed by atoms with Crippen LogP contribution in [0.3, 0.4) is 0 Å². The van der Waals surface area contributed by atoms with E-state index in [-0.39, 0.29) is 11.5 Å². The van der Waals surface area contributed by atoms with Gasteiger partial charge in [0.15, 0.2) is 5.82 Å². The summed E-state index contributed by atoms with van der Waals surface area (Å²) in [5.41, 5.74) is -0.250. The van der Waals surface area contributed by atoms with E-state index >= 15 is 0 Å². The van der Waals surface area contributed by atoms with E-state index < -0.39 is 11.6 Å². The number of halogens is 2. The van der Waals surface area contributed by atoms with Gasteiger partial charge in [-0.3, -0.25) is 0 Å². The van der Waals surface area contributed by atoms with Crippen molar-refractivity contribution in [1.29, 1.82) is 0 Å². The van der Waals surface area contributed by atoms with Crippen LogP contribution < -0.4 is 10.2 Å².